The lowest BCUT2D eigenvalue weighted by Gasteiger charge is -2.13. The molecule has 0 bridgehead atoms. The van der Waals surface area contributed by atoms with E-state index in [1.165, 1.54) is 6.92 Å². The van der Waals surface area contributed by atoms with Crippen molar-refractivity contribution >= 4 is 17.5 Å². The van der Waals surface area contributed by atoms with Gasteiger partial charge in [0.2, 0.25) is 0 Å². The smallest absolute Gasteiger partial charge is 0.325 e. The van der Waals surface area contributed by atoms with Crippen LogP contribution in [0.4, 0.5) is 5.69 Å². The fourth-order valence-corrected chi connectivity index (χ4v) is 1.14. The van der Waals surface area contributed by atoms with Crippen LogP contribution in [0.15, 0.2) is 24.3 Å². The highest BCUT2D eigenvalue weighted by Crippen LogP contribution is 2.15. The minimum Gasteiger partial charge on any atom is -0.480 e. The summed E-state index contributed by atoms with van der Waals surface area (Å²) in [5.74, 6) is -1.04. The van der Waals surface area contributed by atoms with E-state index in [2.05, 4.69) is 5.32 Å². The zero-order valence-corrected chi connectivity index (χ0v) is 8.32. The number of benzene rings is 1. The number of amidine groups is 1. The second-order valence-corrected chi connectivity index (χ2v) is 3.16. The van der Waals surface area contributed by atoms with Crippen LogP contribution < -0.4 is 11.1 Å². The normalized spacial score (nSPS) is 11.8. The van der Waals surface area contributed by atoms with Crippen molar-refractivity contribution in [3.05, 3.63) is 29.8 Å². The van der Waals surface area contributed by atoms with Crippen molar-refractivity contribution in [2.75, 3.05) is 5.32 Å². The number of nitrogen functional groups attached to an aromatic ring is 1. The van der Waals surface area contributed by atoms with E-state index in [4.69, 9.17) is 16.2 Å². The van der Waals surface area contributed by atoms with E-state index in [1.807, 2.05) is 0 Å². The second kappa shape index (κ2) is 4.45. The van der Waals surface area contributed by atoms with Gasteiger partial charge < -0.3 is 16.2 Å². The van der Waals surface area contributed by atoms with Crippen LogP contribution >= 0.6 is 0 Å². The molecule has 0 aromatic heterocycles. The fourth-order valence-electron chi connectivity index (χ4n) is 1.14. The Morgan fingerprint density at radius 2 is 2.13 bits per heavy atom. The molecule has 0 spiro atoms. The van der Waals surface area contributed by atoms with Gasteiger partial charge in [0.05, 0.1) is 0 Å². The average molecular weight is 207 g/mol. The molecule has 0 fully saturated rings. The topological polar surface area (TPSA) is 99.2 Å². The van der Waals surface area contributed by atoms with E-state index >= 15 is 0 Å². The Morgan fingerprint density at radius 1 is 1.53 bits per heavy atom. The molecule has 0 saturated carbocycles. The van der Waals surface area contributed by atoms with Crippen molar-refractivity contribution < 1.29 is 9.90 Å². The van der Waals surface area contributed by atoms with Crippen molar-refractivity contribution in [1.82, 2.24) is 0 Å². The summed E-state index contributed by atoms with van der Waals surface area (Å²) in [6, 6.07) is 6.14. The fraction of sp³-hybridized carbons (Fsp3) is 0.200. The van der Waals surface area contributed by atoms with Crippen molar-refractivity contribution in [2.24, 2.45) is 5.73 Å². The van der Waals surface area contributed by atoms with Crippen LogP contribution in [0.2, 0.25) is 0 Å². The molecule has 80 valence electrons. The summed E-state index contributed by atoms with van der Waals surface area (Å²) < 4.78 is 0. The summed E-state index contributed by atoms with van der Waals surface area (Å²) in [6.45, 7) is 1.53. The number of nitrogens with one attached hydrogen (secondary N) is 2. The molecule has 0 saturated heterocycles. The third-order valence-electron chi connectivity index (χ3n) is 1.96. The van der Waals surface area contributed by atoms with E-state index in [-0.39, 0.29) is 5.84 Å². The van der Waals surface area contributed by atoms with Gasteiger partial charge in [-0.05, 0) is 19.1 Å². The van der Waals surface area contributed by atoms with Crippen molar-refractivity contribution in [3.63, 3.8) is 0 Å². The van der Waals surface area contributed by atoms with Gasteiger partial charge in [0.25, 0.3) is 0 Å². The monoisotopic (exact) mass is 207 g/mol. The molecule has 1 unspecified atom stereocenters. The van der Waals surface area contributed by atoms with Crippen molar-refractivity contribution in [1.29, 1.82) is 5.41 Å². The highest BCUT2D eigenvalue weighted by Gasteiger charge is 2.12. The molecule has 5 N–H and O–H groups in total. The Balaban J connectivity index is 2.94. The Bertz CT molecular complexity index is 390. The van der Waals surface area contributed by atoms with Gasteiger partial charge in [-0.2, -0.15) is 0 Å². The molecule has 1 aromatic rings. The number of carboxylic acid groups (broad SMARTS) is 1. The summed E-state index contributed by atoms with van der Waals surface area (Å²) in [7, 11) is 0. The molecule has 1 atom stereocenters. The van der Waals surface area contributed by atoms with Crippen LogP contribution in [0, 0.1) is 5.41 Å². The van der Waals surface area contributed by atoms with Gasteiger partial charge in [0, 0.05) is 11.3 Å². The number of hydrogen-bond donors (Lipinski definition) is 4. The zero-order chi connectivity index (χ0) is 11.4. The molecule has 0 radical (unpaired) electrons. The summed E-state index contributed by atoms with van der Waals surface area (Å²) in [5.41, 5.74) is 6.42. The third-order valence-corrected chi connectivity index (χ3v) is 1.96. The third kappa shape index (κ3) is 2.70. The quantitative estimate of drug-likeness (QED) is 0.434. The van der Waals surface area contributed by atoms with Crippen LogP contribution in [-0.4, -0.2) is 23.0 Å². The van der Waals surface area contributed by atoms with E-state index in [0.717, 1.165) is 0 Å². The van der Waals surface area contributed by atoms with Crippen LogP contribution in [-0.2, 0) is 4.79 Å². The highest BCUT2D eigenvalue weighted by molar-refractivity contribution is 6.00. The minimum absolute atomic E-state index is 0.0873. The number of aliphatic carboxylic acids is 1. The van der Waals surface area contributed by atoms with Gasteiger partial charge in [0.15, 0.2) is 0 Å². The van der Waals surface area contributed by atoms with Crippen molar-refractivity contribution in [3.8, 4) is 0 Å². The number of nitrogens with two attached hydrogens (primary N) is 1. The first-order chi connectivity index (χ1) is 7.02. The van der Waals surface area contributed by atoms with E-state index < -0.39 is 12.0 Å². The first-order valence-electron chi connectivity index (χ1n) is 4.45. The SMILES string of the molecule is CC(Nc1ccccc1C(=N)N)C(=O)O. The van der Waals surface area contributed by atoms with Gasteiger partial charge in [0.1, 0.15) is 11.9 Å². The standard InChI is InChI=1S/C10H13N3O2/c1-6(10(14)15)13-8-5-3-2-4-7(8)9(11)12/h2-6,13H,1H3,(H3,11,12)(H,14,15). The summed E-state index contributed by atoms with van der Waals surface area (Å²) in [5, 5.41) is 18.8. The zero-order valence-electron chi connectivity index (χ0n) is 8.32. The minimum atomic E-state index is -0.951. The van der Waals surface area contributed by atoms with Gasteiger partial charge >= 0.3 is 5.97 Å². The lowest BCUT2D eigenvalue weighted by molar-refractivity contribution is -0.137. The lowest BCUT2D eigenvalue weighted by atomic mass is 10.1. The summed E-state index contributed by atoms with van der Waals surface area (Å²) in [6.07, 6.45) is 0. The Hall–Kier alpha value is -2.04. The highest BCUT2D eigenvalue weighted by atomic mass is 16.4. The number of carbonyl (C=O) groups is 1. The number of para-hydroxylation sites is 1. The number of anilines is 1. The maximum atomic E-state index is 10.6. The largest absolute Gasteiger partial charge is 0.480 e. The molecule has 1 rings (SSSR count). The molecule has 0 aliphatic heterocycles. The molecule has 5 heteroatoms. The van der Waals surface area contributed by atoms with Gasteiger partial charge in [-0.3, -0.25) is 10.2 Å². The van der Waals surface area contributed by atoms with Crippen LogP contribution in [0.1, 0.15) is 12.5 Å². The predicted octanol–water partition coefficient (Wildman–Crippen LogP) is 0.856. The molecule has 0 heterocycles. The Morgan fingerprint density at radius 3 is 2.67 bits per heavy atom. The number of carboxylic acids is 1. The number of rotatable bonds is 4. The van der Waals surface area contributed by atoms with Gasteiger partial charge in [-0.15, -0.1) is 0 Å². The van der Waals surface area contributed by atoms with Crippen LogP contribution in [0.5, 0.6) is 0 Å². The van der Waals surface area contributed by atoms with Gasteiger partial charge in [-0.25, -0.2) is 0 Å². The van der Waals surface area contributed by atoms with Gasteiger partial charge in [-0.1, -0.05) is 12.1 Å². The predicted molar refractivity (Wildman–Crippen MR) is 58.2 cm³/mol. The molecule has 0 amide bonds. The van der Waals surface area contributed by atoms with Crippen LogP contribution in [0.3, 0.4) is 0 Å². The Kier molecular flexibility index (Phi) is 3.28. The molecule has 5 nitrogen and oxygen atoms in total. The first-order valence-corrected chi connectivity index (χ1v) is 4.45. The van der Waals surface area contributed by atoms with E-state index in [0.29, 0.717) is 11.3 Å². The van der Waals surface area contributed by atoms with E-state index in [1.54, 1.807) is 24.3 Å². The molecule has 0 aliphatic rings. The summed E-state index contributed by atoms with van der Waals surface area (Å²) >= 11 is 0. The molecule has 0 aliphatic carbocycles. The first kappa shape index (κ1) is 11.0. The van der Waals surface area contributed by atoms with Crippen LogP contribution in [0.25, 0.3) is 0 Å². The Labute approximate surface area is 87.4 Å². The maximum absolute atomic E-state index is 10.6. The molecular weight excluding hydrogens is 194 g/mol. The molecule has 1 aromatic carbocycles. The van der Waals surface area contributed by atoms with Crippen molar-refractivity contribution in [2.45, 2.75) is 13.0 Å². The molecule has 15 heavy (non-hydrogen) atoms. The maximum Gasteiger partial charge on any atom is 0.325 e. The average Bonchev–Trinajstić information content (AvgIpc) is 2.18. The number of hydrogen-bond acceptors (Lipinski definition) is 3. The lowest BCUT2D eigenvalue weighted by Crippen LogP contribution is -2.27. The summed E-state index contributed by atoms with van der Waals surface area (Å²) in [4.78, 5) is 10.6. The second-order valence-electron chi connectivity index (χ2n) is 3.16. The molecular formula is C10H13N3O2. The van der Waals surface area contributed by atoms with E-state index in [9.17, 15) is 4.79 Å².